The van der Waals surface area contributed by atoms with Crippen LogP contribution in [0.3, 0.4) is 0 Å². The van der Waals surface area contributed by atoms with Crippen molar-refractivity contribution in [2.24, 2.45) is 0 Å². The van der Waals surface area contributed by atoms with E-state index in [9.17, 15) is 44.3 Å². The normalized spacial score (nSPS) is 16.2. The highest BCUT2D eigenvalue weighted by Crippen LogP contribution is 2.39. The molecule has 5 nitrogen and oxygen atoms in total. The highest BCUT2D eigenvalue weighted by Gasteiger charge is 2.37. The summed E-state index contributed by atoms with van der Waals surface area (Å²) in [6.45, 7) is 0. The number of carbonyl (C=O) groups excluding carboxylic acids is 1. The predicted molar refractivity (Wildman–Crippen MR) is 120 cm³/mol. The largest absolute Gasteiger partial charge is 0.573 e. The second-order valence-electron chi connectivity index (χ2n) is 8.06. The summed E-state index contributed by atoms with van der Waals surface area (Å²) >= 11 is 0. The maximum absolute atomic E-state index is 13.3. The van der Waals surface area contributed by atoms with E-state index < -0.39 is 47.9 Å². The molecule has 0 fully saturated rings. The van der Waals surface area contributed by atoms with Crippen LogP contribution >= 0.6 is 0 Å². The van der Waals surface area contributed by atoms with Crippen LogP contribution in [0.4, 0.5) is 50.9 Å². The van der Waals surface area contributed by atoms with Gasteiger partial charge in [0.1, 0.15) is 17.2 Å². The molecule has 0 saturated heterocycles. The van der Waals surface area contributed by atoms with Crippen molar-refractivity contribution in [2.45, 2.75) is 24.9 Å². The van der Waals surface area contributed by atoms with Crippen LogP contribution in [0.2, 0.25) is 0 Å². The first-order valence-corrected chi connectivity index (χ1v) is 10.8. The van der Waals surface area contributed by atoms with Gasteiger partial charge >= 0.3 is 18.9 Å². The number of hydrogen-bond acceptors (Lipinski definition) is 4. The fraction of sp³-hybridized carbons (Fsp3) is 0.160. The molecule has 0 aliphatic carbocycles. The first-order valence-electron chi connectivity index (χ1n) is 10.8. The van der Waals surface area contributed by atoms with Gasteiger partial charge in [-0.1, -0.05) is 12.1 Å². The summed E-state index contributed by atoms with van der Waals surface area (Å²) in [4.78, 5) is 14.4. The van der Waals surface area contributed by atoms with E-state index in [1.54, 1.807) is 0 Å². The minimum absolute atomic E-state index is 0.0833. The van der Waals surface area contributed by atoms with E-state index in [1.165, 1.54) is 18.2 Å². The van der Waals surface area contributed by atoms with Crippen LogP contribution < -0.4 is 19.7 Å². The van der Waals surface area contributed by atoms with Crippen LogP contribution in [0.1, 0.15) is 17.2 Å². The molecule has 39 heavy (non-hydrogen) atoms. The summed E-state index contributed by atoms with van der Waals surface area (Å²) in [5, 5.41) is 2.74. The quantitative estimate of drug-likeness (QED) is 0.315. The van der Waals surface area contributed by atoms with E-state index in [-0.39, 0.29) is 22.6 Å². The van der Waals surface area contributed by atoms with E-state index in [1.807, 2.05) is 0 Å². The molecule has 0 aromatic heterocycles. The number of ether oxygens (including phenoxy) is 2. The van der Waals surface area contributed by atoms with Crippen LogP contribution in [-0.4, -0.2) is 18.6 Å². The lowest BCUT2D eigenvalue weighted by molar-refractivity contribution is -0.275. The predicted octanol–water partition coefficient (Wildman–Crippen LogP) is 7.59. The van der Waals surface area contributed by atoms with Crippen molar-refractivity contribution in [3.8, 4) is 11.5 Å². The minimum Gasteiger partial charge on any atom is -0.406 e. The summed E-state index contributed by atoms with van der Waals surface area (Å²) in [5.74, 6) is -1.78. The summed E-state index contributed by atoms with van der Waals surface area (Å²) in [6.07, 6.45) is -13.1. The van der Waals surface area contributed by atoms with Gasteiger partial charge in [-0.05, 0) is 72.3 Å². The third-order valence-corrected chi connectivity index (χ3v) is 5.35. The van der Waals surface area contributed by atoms with Crippen LogP contribution in [0.25, 0.3) is 0 Å². The lowest BCUT2D eigenvalue weighted by atomic mass is 10.0. The average molecular weight is 562 g/mol. The van der Waals surface area contributed by atoms with Gasteiger partial charge in [-0.25, -0.2) is 0 Å². The van der Waals surface area contributed by atoms with Crippen molar-refractivity contribution < 1.29 is 53.8 Å². The van der Waals surface area contributed by atoms with Crippen molar-refractivity contribution in [1.29, 1.82) is 0 Å². The monoisotopic (exact) mass is 562 g/mol. The number of nitrogens with one attached hydrogen (secondary N) is 1. The van der Waals surface area contributed by atoms with Crippen molar-refractivity contribution >= 4 is 17.3 Å². The standard InChI is InChI=1S/C25H15F9N2O3/c26-23(27,28)15-3-1-14(2-4-15)21-13-20(35-16-5-9-18(10-6-16)38-24(29,30)31)22(37)36(21)17-7-11-19(12-8-17)39-25(32,33)34/h1-13,21,35H/t21-/m0/s1. The van der Waals surface area contributed by atoms with E-state index in [0.29, 0.717) is 0 Å². The molecule has 0 spiro atoms. The first-order chi connectivity index (χ1) is 18.1. The van der Waals surface area contributed by atoms with Crippen LogP contribution in [0.5, 0.6) is 11.5 Å². The number of rotatable bonds is 6. The average Bonchev–Trinajstić information content (AvgIpc) is 3.14. The van der Waals surface area contributed by atoms with Crippen molar-refractivity contribution in [3.05, 3.63) is 95.7 Å². The van der Waals surface area contributed by atoms with E-state index in [2.05, 4.69) is 14.8 Å². The van der Waals surface area contributed by atoms with E-state index >= 15 is 0 Å². The molecule has 0 saturated carbocycles. The van der Waals surface area contributed by atoms with Crippen molar-refractivity contribution in [1.82, 2.24) is 0 Å². The fourth-order valence-corrected chi connectivity index (χ4v) is 3.75. The highest BCUT2D eigenvalue weighted by molar-refractivity contribution is 6.11. The number of anilines is 2. The van der Waals surface area contributed by atoms with Crippen LogP contribution in [0, 0.1) is 0 Å². The molecule has 1 N–H and O–H groups in total. The Balaban J connectivity index is 1.64. The molecule has 0 unspecified atom stereocenters. The smallest absolute Gasteiger partial charge is 0.406 e. The Hall–Kier alpha value is -4.36. The third-order valence-electron chi connectivity index (χ3n) is 5.35. The Morgan fingerprint density at radius 3 is 1.62 bits per heavy atom. The molecule has 1 atom stereocenters. The SMILES string of the molecule is O=C1C(Nc2ccc(OC(F)(F)F)cc2)=C[C@@H](c2ccc(C(F)(F)F)cc2)N1c1ccc(OC(F)(F)F)cc1. The van der Waals surface area contributed by atoms with Gasteiger partial charge in [0.15, 0.2) is 0 Å². The number of halogens is 9. The zero-order valence-corrected chi connectivity index (χ0v) is 19.2. The summed E-state index contributed by atoms with van der Waals surface area (Å²) in [6, 6.07) is 11.6. The topological polar surface area (TPSA) is 50.8 Å². The highest BCUT2D eigenvalue weighted by atomic mass is 19.4. The summed E-state index contributed by atoms with van der Waals surface area (Å²) in [5.41, 5.74) is -0.482. The molecule has 14 heteroatoms. The van der Waals surface area contributed by atoms with E-state index in [0.717, 1.165) is 65.6 Å². The fourth-order valence-electron chi connectivity index (χ4n) is 3.75. The number of amides is 1. The molecule has 206 valence electrons. The number of benzene rings is 3. The third kappa shape index (κ3) is 6.94. The number of nitrogens with zero attached hydrogens (tertiary/aromatic N) is 1. The van der Waals surface area contributed by atoms with Gasteiger partial charge in [-0.15, -0.1) is 26.3 Å². The van der Waals surface area contributed by atoms with Gasteiger partial charge in [0.05, 0.1) is 11.6 Å². The molecular formula is C25H15F9N2O3. The maximum atomic E-state index is 13.3. The second-order valence-corrected chi connectivity index (χ2v) is 8.06. The number of carbonyl (C=O) groups is 1. The Morgan fingerprint density at radius 2 is 1.15 bits per heavy atom. The molecule has 4 rings (SSSR count). The molecule has 3 aromatic carbocycles. The molecule has 1 aliphatic heterocycles. The Morgan fingerprint density at radius 1 is 0.667 bits per heavy atom. The van der Waals surface area contributed by atoms with Crippen molar-refractivity contribution in [2.75, 3.05) is 10.2 Å². The maximum Gasteiger partial charge on any atom is 0.573 e. The minimum atomic E-state index is -4.95. The second kappa shape index (κ2) is 10.1. The Bertz CT molecular complexity index is 1350. The van der Waals surface area contributed by atoms with Gasteiger partial charge in [0.2, 0.25) is 0 Å². The molecule has 3 aromatic rings. The molecule has 0 bridgehead atoms. The summed E-state index contributed by atoms with van der Waals surface area (Å²) < 4.78 is 121. The van der Waals surface area contributed by atoms with Crippen LogP contribution in [-0.2, 0) is 11.0 Å². The van der Waals surface area contributed by atoms with Crippen molar-refractivity contribution in [3.63, 3.8) is 0 Å². The van der Waals surface area contributed by atoms with Gasteiger partial charge in [0, 0.05) is 11.4 Å². The number of alkyl halides is 9. The van der Waals surface area contributed by atoms with Crippen LogP contribution in [0.15, 0.2) is 84.6 Å². The zero-order chi connectivity index (χ0) is 28.6. The lowest BCUT2D eigenvalue weighted by Gasteiger charge is -2.26. The van der Waals surface area contributed by atoms with Gasteiger partial charge in [-0.3, -0.25) is 9.69 Å². The van der Waals surface area contributed by atoms with Gasteiger partial charge < -0.3 is 14.8 Å². The molecule has 1 aliphatic rings. The first kappa shape index (κ1) is 27.7. The molecule has 0 radical (unpaired) electrons. The van der Waals surface area contributed by atoms with Gasteiger partial charge in [0.25, 0.3) is 5.91 Å². The van der Waals surface area contributed by atoms with Gasteiger partial charge in [-0.2, -0.15) is 13.2 Å². The zero-order valence-electron chi connectivity index (χ0n) is 19.2. The number of hydrogen-bond donors (Lipinski definition) is 1. The Kier molecular flexibility index (Phi) is 7.15. The van der Waals surface area contributed by atoms with E-state index in [4.69, 9.17) is 0 Å². The lowest BCUT2D eigenvalue weighted by Crippen LogP contribution is -2.30. The molecule has 1 heterocycles. The summed E-state index contributed by atoms with van der Waals surface area (Å²) in [7, 11) is 0. The molecular weight excluding hydrogens is 547 g/mol. The Labute approximate surface area is 214 Å². The molecule has 1 amide bonds.